The maximum atomic E-state index is 13.1. The second-order valence-corrected chi connectivity index (χ2v) is 8.55. The molecule has 0 bridgehead atoms. The summed E-state index contributed by atoms with van der Waals surface area (Å²) >= 11 is 6.15. The number of hydrogen-bond acceptors (Lipinski definition) is 5. The molecule has 2 heterocycles. The molecule has 2 aliphatic heterocycles. The van der Waals surface area contributed by atoms with Crippen molar-refractivity contribution in [3.05, 3.63) is 82.4 Å². The van der Waals surface area contributed by atoms with Crippen LogP contribution in [0.25, 0.3) is 11.3 Å². The summed E-state index contributed by atoms with van der Waals surface area (Å²) in [4.78, 5) is 15.3. The molecule has 0 aliphatic carbocycles. The minimum absolute atomic E-state index is 0.186. The predicted octanol–water partition coefficient (Wildman–Crippen LogP) is 5.45. The van der Waals surface area contributed by atoms with Crippen molar-refractivity contribution in [2.45, 2.75) is 13.5 Å². The van der Waals surface area contributed by atoms with Gasteiger partial charge in [-0.2, -0.15) is 0 Å². The maximum Gasteiger partial charge on any atom is 0.258 e. The second-order valence-electron chi connectivity index (χ2n) is 8.11. The molecule has 0 fully saturated rings. The number of amides is 1. The first kappa shape index (κ1) is 21.4. The van der Waals surface area contributed by atoms with Crippen LogP contribution in [0, 0.1) is 0 Å². The summed E-state index contributed by atoms with van der Waals surface area (Å²) < 4.78 is 11.0. The van der Waals surface area contributed by atoms with Crippen LogP contribution in [0.5, 0.6) is 11.5 Å². The number of rotatable bonds is 6. The molecule has 0 aromatic heterocycles. The van der Waals surface area contributed by atoms with E-state index in [9.17, 15) is 4.79 Å². The van der Waals surface area contributed by atoms with Crippen LogP contribution in [0.4, 0.5) is 11.4 Å². The zero-order valence-corrected chi connectivity index (χ0v) is 19.2. The quantitative estimate of drug-likeness (QED) is 0.478. The minimum Gasteiger partial charge on any atom is -0.454 e. The van der Waals surface area contributed by atoms with Gasteiger partial charge < -0.3 is 25.0 Å². The molecule has 0 spiro atoms. The van der Waals surface area contributed by atoms with Crippen LogP contribution >= 0.6 is 11.6 Å². The van der Waals surface area contributed by atoms with E-state index in [-0.39, 0.29) is 12.7 Å². The number of anilines is 2. The van der Waals surface area contributed by atoms with Crippen molar-refractivity contribution in [3.63, 3.8) is 0 Å². The molecule has 0 saturated heterocycles. The molecule has 5 rings (SSSR count). The van der Waals surface area contributed by atoms with Crippen molar-refractivity contribution in [3.8, 4) is 11.5 Å². The highest BCUT2D eigenvalue weighted by atomic mass is 35.5. The predicted molar refractivity (Wildman–Crippen MR) is 132 cm³/mol. The van der Waals surface area contributed by atoms with E-state index in [0.29, 0.717) is 33.5 Å². The highest BCUT2D eigenvalue weighted by Crippen LogP contribution is 2.41. The minimum atomic E-state index is -0.186. The largest absolute Gasteiger partial charge is 0.454 e. The van der Waals surface area contributed by atoms with Gasteiger partial charge in [-0.1, -0.05) is 36.7 Å². The summed E-state index contributed by atoms with van der Waals surface area (Å²) in [5.74, 6) is 1.16. The number of benzene rings is 3. The van der Waals surface area contributed by atoms with E-state index in [0.717, 1.165) is 29.9 Å². The fourth-order valence-corrected chi connectivity index (χ4v) is 4.16. The molecule has 6 nitrogen and oxygen atoms in total. The molecule has 0 atom stereocenters. The Kier molecular flexibility index (Phi) is 5.70. The molecule has 3 aromatic carbocycles. The topological polar surface area (TPSA) is 62.8 Å². The van der Waals surface area contributed by atoms with Crippen LogP contribution in [-0.2, 0) is 11.3 Å². The monoisotopic (exact) mass is 461 g/mol. The first-order valence-corrected chi connectivity index (χ1v) is 11.2. The first-order valence-electron chi connectivity index (χ1n) is 10.8. The van der Waals surface area contributed by atoms with Crippen LogP contribution in [0.3, 0.4) is 0 Å². The molecule has 33 heavy (non-hydrogen) atoms. The highest BCUT2D eigenvalue weighted by Gasteiger charge is 2.29. The molecule has 0 radical (unpaired) electrons. The third-order valence-corrected chi connectivity index (χ3v) is 6.09. The number of nitrogens with one attached hydrogen (secondary N) is 2. The molecule has 7 heteroatoms. The van der Waals surface area contributed by atoms with E-state index in [1.54, 1.807) is 12.1 Å². The Balaban J connectivity index is 1.57. The van der Waals surface area contributed by atoms with Crippen molar-refractivity contribution in [1.82, 2.24) is 4.90 Å². The summed E-state index contributed by atoms with van der Waals surface area (Å²) in [5, 5.41) is 6.99. The van der Waals surface area contributed by atoms with Crippen LogP contribution in [0.2, 0.25) is 5.02 Å². The number of ether oxygens (including phenoxy) is 2. The number of carbonyl (C=O) groups is 1. The molecule has 2 N–H and O–H groups in total. The second kappa shape index (κ2) is 8.81. The third kappa shape index (κ3) is 4.27. The van der Waals surface area contributed by atoms with Gasteiger partial charge >= 0.3 is 0 Å². The van der Waals surface area contributed by atoms with Crippen LogP contribution < -0.4 is 20.1 Å². The van der Waals surface area contributed by atoms with Gasteiger partial charge in [0.25, 0.3) is 5.91 Å². The SMILES string of the molecule is CCN(C)Cc1ccc(N/C(=C2\C(=O)Nc3cc(Cl)ccc32)c2ccc3c(c2)OCO3)cc1. The van der Waals surface area contributed by atoms with Crippen LogP contribution in [0.15, 0.2) is 60.7 Å². The van der Waals surface area contributed by atoms with Crippen molar-refractivity contribution >= 4 is 40.2 Å². The van der Waals surface area contributed by atoms with Crippen LogP contribution in [-0.4, -0.2) is 31.2 Å². The van der Waals surface area contributed by atoms with Gasteiger partial charge in [0.1, 0.15) is 0 Å². The molecule has 168 valence electrons. The number of carbonyl (C=O) groups excluding carboxylic acids is 1. The summed E-state index contributed by atoms with van der Waals surface area (Å²) in [6, 6.07) is 19.3. The number of nitrogens with zero attached hydrogens (tertiary/aromatic N) is 1. The Hall–Kier alpha value is -3.48. The molecule has 2 aliphatic rings. The van der Waals surface area contributed by atoms with Crippen molar-refractivity contribution in [2.24, 2.45) is 0 Å². The summed E-state index contributed by atoms with van der Waals surface area (Å²) in [7, 11) is 2.09. The zero-order chi connectivity index (χ0) is 22.9. The van der Waals surface area contributed by atoms with Gasteiger partial charge in [0, 0.05) is 28.4 Å². The van der Waals surface area contributed by atoms with Crippen molar-refractivity contribution in [1.29, 1.82) is 0 Å². The van der Waals surface area contributed by atoms with Gasteiger partial charge in [0.2, 0.25) is 6.79 Å². The Morgan fingerprint density at radius 2 is 1.85 bits per heavy atom. The summed E-state index contributed by atoms with van der Waals surface area (Å²) in [5.41, 5.74) is 5.66. The number of hydrogen-bond donors (Lipinski definition) is 2. The number of halogens is 1. The van der Waals surface area contributed by atoms with Gasteiger partial charge in [0.15, 0.2) is 11.5 Å². The Morgan fingerprint density at radius 1 is 1.06 bits per heavy atom. The van der Waals surface area contributed by atoms with E-state index in [1.165, 1.54) is 5.56 Å². The van der Waals surface area contributed by atoms with Crippen LogP contribution in [0.1, 0.15) is 23.6 Å². The smallest absolute Gasteiger partial charge is 0.258 e. The zero-order valence-electron chi connectivity index (χ0n) is 18.4. The molecule has 1 amide bonds. The van der Waals surface area contributed by atoms with E-state index < -0.39 is 0 Å². The average Bonchev–Trinajstić information content (AvgIpc) is 3.41. The van der Waals surface area contributed by atoms with Gasteiger partial charge in [-0.25, -0.2) is 0 Å². The number of fused-ring (bicyclic) bond motifs is 2. The standard InChI is InChI=1S/C26H24ClN3O3/c1-3-30(2)14-16-4-8-19(9-5-16)28-25(17-6-11-22-23(12-17)33-15-32-22)24-20-10-7-18(27)13-21(20)29-26(24)31/h4-13,28H,3,14-15H2,1-2H3,(H,29,31)/b25-24-. The summed E-state index contributed by atoms with van der Waals surface area (Å²) in [6.45, 7) is 4.19. The van der Waals surface area contributed by atoms with E-state index in [2.05, 4.69) is 41.6 Å². The average molecular weight is 462 g/mol. The van der Waals surface area contributed by atoms with Gasteiger partial charge in [-0.05, 0) is 61.6 Å². The fraction of sp³-hybridized carbons (Fsp3) is 0.192. The lowest BCUT2D eigenvalue weighted by molar-refractivity contribution is -0.110. The summed E-state index contributed by atoms with van der Waals surface area (Å²) in [6.07, 6.45) is 0. The lowest BCUT2D eigenvalue weighted by Gasteiger charge is -2.17. The Bertz CT molecular complexity index is 1250. The maximum absolute atomic E-state index is 13.1. The highest BCUT2D eigenvalue weighted by molar-refractivity contribution is 6.38. The van der Waals surface area contributed by atoms with Crippen molar-refractivity contribution < 1.29 is 14.3 Å². The molecule has 0 saturated carbocycles. The van der Waals surface area contributed by atoms with E-state index in [4.69, 9.17) is 21.1 Å². The molecular formula is C26H24ClN3O3. The van der Waals surface area contributed by atoms with Gasteiger partial charge in [-0.3, -0.25) is 4.79 Å². The fourth-order valence-electron chi connectivity index (χ4n) is 3.99. The third-order valence-electron chi connectivity index (χ3n) is 5.85. The Morgan fingerprint density at radius 3 is 2.64 bits per heavy atom. The normalized spacial score (nSPS) is 15.5. The van der Waals surface area contributed by atoms with E-state index in [1.807, 2.05) is 36.4 Å². The Labute approximate surface area is 197 Å². The van der Waals surface area contributed by atoms with Gasteiger partial charge in [0.05, 0.1) is 17.0 Å². The first-order chi connectivity index (χ1) is 16.0. The van der Waals surface area contributed by atoms with Crippen molar-refractivity contribution in [2.75, 3.05) is 31.0 Å². The van der Waals surface area contributed by atoms with E-state index >= 15 is 0 Å². The molecule has 0 unspecified atom stereocenters. The molecule has 3 aromatic rings. The lowest BCUT2D eigenvalue weighted by Crippen LogP contribution is -2.16. The van der Waals surface area contributed by atoms with Gasteiger partial charge in [-0.15, -0.1) is 0 Å². The lowest BCUT2D eigenvalue weighted by atomic mass is 9.99. The molecular weight excluding hydrogens is 438 g/mol.